The number of anilines is 1. The molecule has 1 rings (SSSR count). The average molecular weight is 286 g/mol. The van der Waals surface area contributed by atoms with E-state index >= 15 is 0 Å². The monoisotopic (exact) mass is 286 g/mol. The normalized spacial score (nSPS) is 11.9. The largest absolute Gasteiger partial charge is 0.480 e. The third-order valence-electron chi connectivity index (χ3n) is 2.43. The van der Waals surface area contributed by atoms with Crippen LogP contribution < -0.4 is 10.6 Å². The summed E-state index contributed by atoms with van der Waals surface area (Å²) < 4.78 is 1.24. The van der Waals surface area contributed by atoms with Gasteiger partial charge >= 0.3 is 12.0 Å². The van der Waals surface area contributed by atoms with Crippen LogP contribution in [0.3, 0.4) is 0 Å². The molecule has 3 N–H and O–H groups in total. The summed E-state index contributed by atoms with van der Waals surface area (Å²) in [6.45, 7) is 2.46. The van der Waals surface area contributed by atoms with Crippen molar-refractivity contribution < 1.29 is 14.7 Å². The van der Waals surface area contributed by atoms with E-state index in [1.165, 1.54) is 17.1 Å². The lowest BCUT2D eigenvalue weighted by Gasteiger charge is -2.09. The average Bonchev–Trinajstić information content (AvgIpc) is 2.75. The van der Waals surface area contributed by atoms with E-state index in [0.29, 0.717) is 17.5 Å². The molecule has 106 valence electrons. The molecular weight excluding hydrogens is 268 g/mol. The van der Waals surface area contributed by atoms with Gasteiger partial charge in [-0.3, -0.25) is 9.48 Å². The highest BCUT2D eigenvalue weighted by Crippen LogP contribution is 2.08. The van der Waals surface area contributed by atoms with Gasteiger partial charge in [0.15, 0.2) is 0 Å². The number of carboxylic acid groups (broad SMARTS) is 1. The van der Waals surface area contributed by atoms with E-state index in [0.717, 1.165) is 6.42 Å². The third kappa shape index (κ3) is 6.14. The Morgan fingerprint density at radius 2 is 2.32 bits per heavy atom. The first-order valence-corrected chi connectivity index (χ1v) is 7.12. The van der Waals surface area contributed by atoms with E-state index in [1.807, 2.05) is 6.26 Å². The molecule has 0 saturated carbocycles. The topological polar surface area (TPSA) is 96.3 Å². The molecule has 2 amide bonds. The molecule has 0 saturated heterocycles. The molecule has 1 aromatic rings. The van der Waals surface area contributed by atoms with Crippen molar-refractivity contribution in [2.24, 2.45) is 0 Å². The van der Waals surface area contributed by atoms with E-state index in [1.54, 1.807) is 11.8 Å². The summed E-state index contributed by atoms with van der Waals surface area (Å²) in [4.78, 5) is 22.0. The molecule has 0 spiro atoms. The first-order valence-electron chi connectivity index (χ1n) is 5.83. The van der Waals surface area contributed by atoms with Gasteiger partial charge in [-0.1, -0.05) is 6.92 Å². The van der Waals surface area contributed by atoms with Crippen LogP contribution in [0.4, 0.5) is 10.5 Å². The van der Waals surface area contributed by atoms with E-state index < -0.39 is 5.97 Å². The Bertz CT molecular complexity index is 435. The molecule has 0 fully saturated rings. The number of hydrogen-bond donors (Lipinski definition) is 3. The van der Waals surface area contributed by atoms with Crippen LogP contribution in [0, 0.1) is 0 Å². The Hall–Kier alpha value is -1.70. The Morgan fingerprint density at radius 1 is 1.58 bits per heavy atom. The van der Waals surface area contributed by atoms with Gasteiger partial charge in [0.1, 0.15) is 6.54 Å². The number of aliphatic carboxylic acids is 1. The van der Waals surface area contributed by atoms with Gasteiger partial charge in [-0.2, -0.15) is 16.9 Å². The summed E-state index contributed by atoms with van der Waals surface area (Å²) in [5.41, 5.74) is 0.469. The minimum atomic E-state index is -0.981. The molecule has 0 radical (unpaired) electrons. The van der Waals surface area contributed by atoms with Crippen molar-refractivity contribution in [2.45, 2.75) is 25.1 Å². The van der Waals surface area contributed by atoms with Crippen LogP contribution in [0.2, 0.25) is 0 Å². The van der Waals surface area contributed by atoms with Crippen LogP contribution in [0.1, 0.15) is 13.3 Å². The zero-order valence-corrected chi connectivity index (χ0v) is 11.7. The number of nitrogens with zero attached hydrogens (tertiary/aromatic N) is 2. The number of carboxylic acids is 1. The molecule has 0 aliphatic heterocycles. The Morgan fingerprint density at radius 3 is 2.95 bits per heavy atom. The maximum atomic E-state index is 11.5. The lowest BCUT2D eigenvalue weighted by atomic mass is 10.3. The van der Waals surface area contributed by atoms with Crippen molar-refractivity contribution in [3.8, 4) is 0 Å². The maximum absolute atomic E-state index is 11.5. The Kier molecular flexibility index (Phi) is 6.20. The molecule has 1 heterocycles. The molecule has 1 aromatic heterocycles. The highest BCUT2D eigenvalue weighted by Gasteiger charge is 2.06. The van der Waals surface area contributed by atoms with Crippen LogP contribution in [-0.2, 0) is 11.3 Å². The van der Waals surface area contributed by atoms with Crippen molar-refractivity contribution in [3.05, 3.63) is 12.4 Å². The smallest absolute Gasteiger partial charge is 0.325 e. The summed E-state index contributed by atoms with van der Waals surface area (Å²) in [5, 5.41) is 18.2. The number of carbonyl (C=O) groups excluding carboxylic acids is 1. The van der Waals surface area contributed by atoms with E-state index in [9.17, 15) is 9.59 Å². The lowest BCUT2D eigenvalue weighted by molar-refractivity contribution is -0.137. The highest BCUT2D eigenvalue weighted by molar-refractivity contribution is 7.99. The van der Waals surface area contributed by atoms with Crippen molar-refractivity contribution in [3.63, 3.8) is 0 Å². The molecule has 8 heteroatoms. The zero-order valence-electron chi connectivity index (χ0n) is 10.9. The number of nitrogens with one attached hydrogen (secondary N) is 2. The van der Waals surface area contributed by atoms with E-state index in [2.05, 4.69) is 22.7 Å². The number of thioether (sulfide) groups is 1. The predicted molar refractivity (Wildman–Crippen MR) is 74.5 cm³/mol. The molecule has 1 atom stereocenters. The lowest BCUT2D eigenvalue weighted by Crippen LogP contribution is -2.30. The standard InChI is InChI=1S/C11H18N4O3S/c1-8(19-2)3-4-12-11(18)14-9-5-13-15(6-9)7-10(16)17/h5-6,8H,3-4,7H2,1-2H3,(H,16,17)(H2,12,14,18). The number of rotatable bonds is 7. The van der Waals surface area contributed by atoms with Gasteiger partial charge in [0, 0.05) is 18.0 Å². The number of urea groups is 1. The SMILES string of the molecule is CSC(C)CCNC(=O)Nc1cnn(CC(=O)O)c1. The van der Waals surface area contributed by atoms with Gasteiger partial charge in [-0.15, -0.1) is 0 Å². The van der Waals surface area contributed by atoms with Gasteiger partial charge in [0.2, 0.25) is 0 Å². The Labute approximate surface area is 115 Å². The molecule has 0 aliphatic rings. The first-order chi connectivity index (χ1) is 9.01. The van der Waals surface area contributed by atoms with Crippen LogP contribution in [0.25, 0.3) is 0 Å². The fourth-order valence-corrected chi connectivity index (χ4v) is 1.69. The third-order valence-corrected chi connectivity index (χ3v) is 3.47. The second-order valence-corrected chi connectivity index (χ2v) is 5.31. The summed E-state index contributed by atoms with van der Waals surface area (Å²) >= 11 is 1.75. The predicted octanol–water partition coefficient (Wildman–Crippen LogP) is 1.23. The van der Waals surface area contributed by atoms with Crippen LogP contribution >= 0.6 is 11.8 Å². The summed E-state index contributed by atoms with van der Waals surface area (Å²) in [7, 11) is 0. The van der Waals surface area contributed by atoms with Gasteiger partial charge in [-0.25, -0.2) is 4.79 Å². The highest BCUT2D eigenvalue weighted by atomic mass is 32.2. The molecule has 0 aliphatic carbocycles. The first kappa shape index (κ1) is 15.4. The summed E-state index contributed by atoms with van der Waals surface area (Å²) in [6.07, 6.45) is 5.81. The molecule has 1 unspecified atom stereocenters. The van der Waals surface area contributed by atoms with Crippen LogP contribution in [0.15, 0.2) is 12.4 Å². The van der Waals surface area contributed by atoms with Crippen LogP contribution in [0.5, 0.6) is 0 Å². The summed E-state index contributed by atoms with van der Waals surface area (Å²) in [6, 6.07) is -0.317. The quantitative estimate of drug-likeness (QED) is 0.700. The number of amides is 2. The molecule has 0 aromatic carbocycles. The van der Waals surface area contributed by atoms with E-state index in [4.69, 9.17) is 5.11 Å². The van der Waals surface area contributed by atoms with Gasteiger partial charge < -0.3 is 15.7 Å². The minimum Gasteiger partial charge on any atom is -0.480 e. The van der Waals surface area contributed by atoms with Crippen LogP contribution in [-0.4, -0.2) is 44.9 Å². The second kappa shape index (κ2) is 7.67. The van der Waals surface area contributed by atoms with Crippen molar-refractivity contribution in [1.82, 2.24) is 15.1 Å². The maximum Gasteiger partial charge on any atom is 0.325 e. The number of hydrogen-bond acceptors (Lipinski definition) is 4. The minimum absolute atomic E-state index is 0.228. The molecule has 7 nitrogen and oxygen atoms in total. The molecular formula is C11H18N4O3S. The number of aromatic nitrogens is 2. The van der Waals surface area contributed by atoms with Crippen molar-refractivity contribution in [2.75, 3.05) is 18.1 Å². The zero-order chi connectivity index (χ0) is 14.3. The fraction of sp³-hybridized carbons (Fsp3) is 0.545. The Balaban J connectivity index is 2.32. The molecule has 19 heavy (non-hydrogen) atoms. The molecule has 0 bridgehead atoms. The van der Waals surface area contributed by atoms with E-state index in [-0.39, 0.29) is 12.6 Å². The van der Waals surface area contributed by atoms with Gasteiger partial charge in [0.25, 0.3) is 0 Å². The van der Waals surface area contributed by atoms with Crippen molar-refractivity contribution in [1.29, 1.82) is 0 Å². The number of carbonyl (C=O) groups is 2. The van der Waals surface area contributed by atoms with Crippen molar-refractivity contribution >= 4 is 29.4 Å². The van der Waals surface area contributed by atoms with Gasteiger partial charge in [-0.05, 0) is 12.7 Å². The van der Waals surface area contributed by atoms with Gasteiger partial charge in [0.05, 0.1) is 11.9 Å². The summed E-state index contributed by atoms with van der Waals surface area (Å²) in [5.74, 6) is -0.981. The fourth-order valence-electron chi connectivity index (χ4n) is 1.34. The second-order valence-electron chi connectivity index (χ2n) is 4.04.